The van der Waals surface area contributed by atoms with Crippen LogP contribution in [0.5, 0.6) is 0 Å². The Morgan fingerprint density at radius 3 is 2.70 bits per heavy atom. The molecule has 3 heteroatoms. The molecule has 1 aliphatic rings. The maximum Gasteiger partial charge on any atom is 0.124 e. The Morgan fingerprint density at radius 1 is 1.30 bits per heavy atom. The lowest BCUT2D eigenvalue weighted by Gasteiger charge is -2.24. The number of rotatable bonds is 6. The lowest BCUT2D eigenvalue weighted by Crippen LogP contribution is -2.28. The minimum atomic E-state index is -0.262. The Labute approximate surface area is 126 Å². The van der Waals surface area contributed by atoms with E-state index in [-0.39, 0.29) is 5.82 Å². The molecule has 1 aromatic rings. The van der Waals surface area contributed by atoms with Gasteiger partial charge in [0.05, 0.1) is 0 Å². The van der Waals surface area contributed by atoms with Crippen LogP contribution in [0.1, 0.15) is 50.5 Å². The quantitative estimate of drug-likeness (QED) is 0.781. The van der Waals surface area contributed by atoms with E-state index in [2.05, 4.69) is 5.32 Å². The van der Waals surface area contributed by atoms with Crippen LogP contribution in [0, 0.1) is 11.7 Å². The van der Waals surface area contributed by atoms with Gasteiger partial charge in [0.2, 0.25) is 0 Å². The third-order valence-electron chi connectivity index (χ3n) is 4.54. The zero-order chi connectivity index (χ0) is 14.4. The monoisotopic (exact) mass is 297 g/mol. The average molecular weight is 298 g/mol. The summed E-state index contributed by atoms with van der Waals surface area (Å²) in [7, 11) is 2.00. The smallest absolute Gasteiger partial charge is 0.124 e. The summed E-state index contributed by atoms with van der Waals surface area (Å²) < 4.78 is 13.1. The third-order valence-corrected chi connectivity index (χ3v) is 4.89. The van der Waals surface area contributed by atoms with E-state index in [0.29, 0.717) is 11.1 Å². The number of likely N-dealkylation sites (N-methyl/N-ethyl adjacent to an activating group) is 1. The van der Waals surface area contributed by atoms with Gasteiger partial charge in [0.25, 0.3) is 0 Å². The first-order chi connectivity index (χ1) is 9.69. The van der Waals surface area contributed by atoms with Crippen molar-refractivity contribution in [1.82, 2.24) is 5.32 Å². The van der Waals surface area contributed by atoms with Gasteiger partial charge in [-0.05, 0) is 49.9 Å². The summed E-state index contributed by atoms with van der Waals surface area (Å²) in [5.41, 5.74) is 1.04. The van der Waals surface area contributed by atoms with E-state index < -0.39 is 0 Å². The van der Waals surface area contributed by atoms with E-state index in [4.69, 9.17) is 11.6 Å². The molecule has 0 aromatic heterocycles. The maximum atomic E-state index is 13.1. The highest BCUT2D eigenvalue weighted by Crippen LogP contribution is 2.28. The largest absolute Gasteiger partial charge is 0.317 e. The van der Waals surface area contributed by atoms with E-state index in [1.807, 2.05) is 13.1 Å². The molecule has 0 bridgehead atoms. The summed E-state index contributed by atoms with van der Waals surface area (Å²) in [5, 5.41) is 3.92. The van der Waals surface area contributed by atoms with Gasteiger partial charge in [0.1, 0.15) is 5.82 Å². The van der Waals surface area contributed by atoms with Crippen LogP contribution >= 0.6 is 11.6 Å². The molecule has 20 heavy (non-hydrogen) atoms. The molecule has 1 fully saturated rings. The first-order valence-corrected chi connectivity index (χ1v) is 8.18. The fourth-order valence-corrected chi connectivity index (χ4v) is 3.46. The standard InChI is InChI=1S/C17H25ClFN/c1-20-16(10-7-13-5-3-2-4-6-13)11-14-8-9-15(19)12-17(14)18/h8-9,12-13,16,20H,2-7,10-11H2,1H3. The van der Waals surface area contributed by atoms with Crippen molar-refractivity contribution in [3.05, 3.63) is 34.6 Å². The van der Waals surface area contributed by atoms with Crippen LogP contribution < -0.4 is 5.32 Å². The molecule has 0 aliphatic heterocycles. The zero-order valence-electron chi connectivity index (χ0n) is 12.3. The molecule has 1 unspecified atom stereocenters. The molecule has 0 saturated heterocycles. The van der Waals surface area contributed by atoms with Gasteiger partial charge in [0, 0.05) is 11.1 Å². The highest BCUT2D eigenvalue weighted by molar-refractivity contribution is 6.31. The lowest BCUT2D eigenvalue weighted by molar-refractivity contribution is 0.316. The Balaban J connectivity index is 1.84. The average Bonchev–Trinajstić information content (AvgIpc) is 2.46. The van der Waals surface area contributed by atoms with E-state index in [9.17, 15) is 4.39 Å². The van der Waals surface area contributed by atoms with Gasteiger partial charge in [-0.15, -0.1) is 0 Å². The van der Waals surface area contributed by atoms with Gasteiger partial charge >= 0.3 is 0 Å². The molecular weight excluding hydrogens is 273 g/mol. The van der Waals surface area contributed by atoms with E-state index >= 15 is 0 Å². The van der Waals surface area contributed by atoms with E-state index in [0.717, 1.165) is 17.9 Å². The molecule has 2 rings (SSSR count). The number of nitrogens with one attached hydrogen (secondary N) is 1. The Hall–Kier alpha value is -0.600. The highest BCUT2D eigenvalue weighted by atomic mass is 35.5. The predicted octanol–water partition coefficient (Wildman–Crippen LogP) is 4.97. The molecule has 1 aliphatic carbocycles. The van der Waals surface area contributed by atoms with Crippen LogP contribution in [0.4, 0.5) is 4.39 Å². The summed E-state index contributed by atoms with van der Waals surface area (Å²) in [6.45, 7) is 0. The van der Waals surface area contributed by atoms with Crippen molar-refractivity contribution in [3.8, 4) is 0 Å². The predicted molar refractivity (Wildman–Crippen MR) is 83.8 cm³/mol. The van der Waals surface area contributed by atoms with Crippen LogP contribution in [0.3, 0.4) is 0 Å². The van der Waals surface area contributed by atoms with Gasteiger partial charge in [-0.1, -0.05) is 49.8 Å². The Bertz CT molecular complexity index is 415. The first kappa shape index (κ1) is 15.8. The Kier molecular flexibility index (Phi) is 6.31. The van der Waals surface area contributed by atoms with Crippen molar-refractivity contribution < 1.29 is 4.39 Å². The van der Waals surface area contributed by atoms with Crippen molar-refractivity contribution >= 4 is 11.6 Å². The second-order valence-corrected chi connectivity index (χ2v) is 6.41. The maximum absolute atomic E-state index is 13.1. The molecule has 0 heterocycles. The minimum Gasteiger partial charge on any atom is -0.317 e. The van der Waals surface area contributed by atoms with Crippen LogP contribution in [-0.2, 0) is 6.42 Å². The fourth-order valence-electron chi connectivity index (χ4n) is 3.21. The second-order valence-electron chi connectivity index (χ2n) is 6.01. The summed E-state index contributed by atoms with van der Waals surface area (Å²) in [5.74, 6) is 0.644. The summed E-state index contributed by atoms with van der Waals surface area (Å²) in [4.78, 5) is 0. The van der Waals surface area contributed by atoms with Gasteiger partial charge < -0.3 is 5.32 Å². The number of hydrogen-bond donors (Lipinski definition) is 1. The van der Waals surface area contributed by atoms with Crippen LogP contribution in [0.25, 0.3) is 0 Å². The fraction of sp³-hybridized carbons (Fsp3) is 0.647. The van der Waals surface area contributed by atoms with Gasteiger partial charge in [-0.2, -0.15) is 0 Å². The lowest BCUT2D eigenvalue weighted by atomic mass is 9.84. The molecule has 1 aromatic carbocycles. The summed E-state index contributed by atoms with van der Waals surface area (Å²) in [6, 6.07) is 5.14. The van der Waals surface area contributed by atoms with Crippen molar-refractivity contribution in [2.45, 2.75) is 57.4 Å². The normalized spacial score (nSPS) is 18.1. The summed E-state index contributed by atoms with van der Waals surface area (Å²) in [6.07, 6.45) is 10.4. The van der Waals surface area contributed by atoms with Gasteiger partial charge in [-0.3, -0.25) is 0 Å². The molecule has 0 radical (unpaired) electrons. The molecular formula is C17H25ClFN. The number of hydrogen-bond acceptors (Lipinski definition) is 1. The van der Waals surface area contributed by atoms with Crippen LogP contribution in [0.2, 0.25) is 5.02 Å². The van der Waals surface area contributed by atoms with E-state index in [1.54, 1.807) is 0 Å². The van der Waals surface area contributed by atoms with Gasteiger partial charge in [0.15, 0.2) is 0 Å². The molecule has 1 saturated carbocycles. The molecule has 112 valence electrons. The van der Waals surface area contributed by atoms with Crippen LogP contribution in [0.15, 0.2) is 18.2 Å². The van der Waals surface area contributed by atoms with E-state index in [1.165, 1.54) is 57.1 Å². The molecule has 0 spiro atoms. The van der Waals surface area contributed by atoms with Gasteiger partial charge in [-0.25, -0.2) is 4.39 Å². The zero-order valence-corrected chi connectivity index (χ0v) is 13.1. The SMILES string of the molecule is CNC(CCC1CCCCC1)Cc1ccc(F)cc1Cl. The topological polar surface area (TPSA) is 12.0 Å². The third kappa shape index (κ3) is 4.75. The molecule has 1 N–H and O–H groups in total. The summed E-state index contributed by atoms with van der Waals surface area (Å²) >= 11 is 6.11. The van der Waals surface area contributed by atoms with Crippen molar-refractivity contribution in [2.24, 2.45) is 5.92 Å². The number of halogens is 2. The first-order valence-electron chi connectivity index (χ1n) is 7.80. The second kappa shape index (κ2) is 7.99. The van der Waals surface area contributed by atoms with Crippen molar-refractivity contribution in [3.63, 3.8) is 0 Å². The highest BCUT2D eigenvalue weighted by Gasteiger charge is 2.16. The molecule has 1 nitrogen and oxygen atoms in total. The number of benzene rings is 1. The van der Waals surface area contributed by atoms with Crippen molar-refractivity contribution in [2.75, 3.05) is 7.05 Å². The van der Waals surface area contributed by atoms with Crippen molar-refractivity contribution in [1.29, 1.82) is 0 Å². The van der Waals surface area contributed by atoms with Crippen LogP contribution in [-0.4, -0.2) is 13.1 Å². The molecule has 1 atom stereocenters. The molecule has 0 amide bonds. The Morgan fingerprint density at radius 2 is 2.05 bits per heavy atom. The minimum absolute atomic E-state index is 0.262.